The van der Waals surface area contributed by atoms with Crippen molar-refractivity contribution in [1.82, 2.24) is 0 Å². The third kappa shape index (κ3) is 2.71. The number of rotatable bonds is 3. The Morgan fingerprint density at radius 3 is 2.37 bits per heavy atom. The molecule has 0 unspecified atom stereocenters. The molecule has 1 aliphatic carbocycles. The summed E-state index contributed by atoms with van der Waals surface area (Å²) in [5, 5.41) is 0. The van der Waals surface area contributed by atoms with Crippen LogP contribution in [0.1, 0.15) is 31.2 Å². The third-order valence-corrected chi connectivity index (χ3v) is 4.09. The van der Waals surface area contributed by atoms with E-state index in [2.05, 4.69) is 0 Å². The molecule has 2 nitrogen and oxygen atoms in total. The highest BCUT2D eigenvalue weighted by Crippen LogP contribution is 2.45. The summed E-state index contributed by atoms with van der Waals surface area (Å²) in [4.78, 5) is 0. The van der Waals surface area contributed by atoms with Crippen molar-refractivity contribution >= 4 is 0 Å². The van der Waals surface area contributed by atoms with E-state index in [1.54, 1.807) is 12.1 Å². The van der Waals surface area contributed by atoms with Crippen LogP contribution in [-0.4, -0.2) is 19.6 Å². The molecule has 5 heteroatoms. The van der Waals surface area contributed by atoms with Crippen LogP contribution in [0.4, 0.5) is 13.2 Å². The lowest BCUT2D eigenvalue weighted by atomic mass is 9.68. The van der Waals surface area contributed by atoms with Crippen LogP contribution in [0.5, 0.6) is 5.75 Å². The number of hydrogen-bond acceptors (Lipinski definition) is 2. The van der Waals surface area contributed by atoms with Gasteiger partial charge in [-0.1, -0.05) is 6.07 Å². The molecule has 1 saturated carbocycles. The first kappa shape index (κ1) is 14.2. The zero-order valence-corrected chi connectivity index (χ0v) is 10.9. The molecule has 2 N–H and O–H groups in total. The van der Waals surface area contributed by atoms with E-state index in [9.17, 15) is 13.2 Å². The smallest absolute Gasteiger partial charge is 0.248 e. The van der Waals surface area contributed by atoms with Crippen LogP contribution in [0.15, 0.2) is 18.2 Å². The minimum atomic E-state index is -2.61. The van der Waals surface area contributed by atoms with Gasteiger partial charge < -0.3 is 10.5 Å². The highest BCUT2D eigenvalue weighted by molar-refractivity contribution is 5.36. The van der Waals surface area contributed by atoms with Crippen LogP contribution in [0.3, 0.4) is 0 Å². The van der Waals surface area contributed by atoms with Crippen LogP contribution in [0.25, 0.3) is 0 Å². The average Bonchev–Trinajstić information content (AvgIpc) is 2.40. The molecule has 0 aliphatic heterocycles. The van der Waals surface area contributed by atoms with Crippen molar-refractivity contribution < 1.29 is 17.9 Å². The lowest BCUT2D eigenvalue weighted by Gasteiger charge is -2.40. The third-order valence-electron chi connectivity index (χ3n) is 4.09. The minimum Gasteiger partial charge on any atom is -0.494 e. The number of hydrogen-bond donors (Lipinski definition) is 1. The fourth-order valence-electron chi connectivity index (χ4n) is 2.69. The predicted octanol–water partition coefficient (Wildman–Crippen LogP) is 3.24. The minimum absolute atomic E-state index is 0.127. The number of nitrogens with two attached hydrogens (primary N) is 1. The molecule has 106 valence electrons. The van der Waals surface area contributed by atoms with E-state index in [4.69, 9.17) is 10.5 Å². The van der Waals surface area contributed by atoms with Crippen molar-refractivity contribution in [1.29, 1.82) is 0 Å². The molecule has 0 aromatic heterocycles. The molecule has 1 fully saturated rings. The Balaban J connectivity index is 2.32. The van der Waals surface area contributed by atoms with Gasteiger partial charge in [0, 0.05) is 24.8 Å². The average molecular weight is 273 g/mol. The van der Waals surface area contributed by atoms with Crippen LogP contribution in [0, 0.1) is 5.82 Å². The van der Waals surface area contributed by atoms with Crippen molar-refractivity contribution in [3.05, 3.63) is 29.6 Å². The van der Waals surface area contributed by atoms with E-state index in [-0.39, 0.29) is 25.1 Å². The van der Waals surface area contributed by atoms with Gasteiger partial charge in [0.15, 0.2) is 11.6 Å². The van der Waals surface area contributed by atoms with Crippen molar-refractivity contribution in [3.63, 3.8) is 0 Å². The Morgan fingerprint density at radius 2 is 1.84 bits per heavy atom. The molecule has 0 amide bonds. The van der Waals surface area contributed by atoms with Crippen molar-refractivity contribution in [2.24, 2.45) is 5.73 Å². The van der Waals surface area contributed by atoms with Gasteiger partial charge in [-0.3, -0.25) is 0 Å². The van der Waals surface area contributed by atoms with E-state index in [0.29, 0.717) is 12.8 Å². The maximum Gasteiger partial charge on any atom is 0.248 e. The first-order valence-electron chi connectivity index (χ1n) is 6.34. The molecule has 0 saturated heterocycles. The number of halogens is 3. The van der Waals surface area contributed by atoms with E-state index >= 15 is 0 Å². The second kappa shape index (κ2) is 5.04. The molecule has 0 radical (unpaired) electrons. The summed E-state index contributed by atoms with van der Waals surface area (Å²) in [7, 11) is 1.38. The molecular weight excluding hydrogens is 255 g/mol. The molecular formula is C14H18F3NO. The van der Waals surface area contributed by atoms with Crippen LogP contribution in [0.2, 0.25) is 0 Å². The van der Waals surface area contributed by atoms with Gasteiger partial charge in [-0.2, -0.15) is 0 Å². The maximum absolute atomic E-state index is 13.4. The summed E-state index contributed by atoms with van der Waals surface area (Å²) >= 11 is 0. The summed E-state index contributed by atoms with van der Waals surface area (Å²) in [6.45, 7) is 0.276. The monoisotopic (exact) mass is 273 g/mol. The molecule has 0 bridgehead atoms. The van der Waals surface area contributed by atoms with Gasteiger partial charge in [-0.15, -0.1) is 0 Å². The van der Waals surface area contributed by atoms with Crippen LogP contribution in [-0.2, 0) is 5.41 Å². The Bertz CT molecular complexity index is 452. The van der Waals surface area contributed by atoms with E-state index in [0.717, 1.165) is 5.56 Å². The standard InChI is InChI=1S/C14H18F3NO/c1-19-12-8-10(2-3-11(12)15)13(9-18)4-6-14(16,17)7-5-13/h2-3,8H,4-7,9,18H2,1H3. The van der Waals surface area contributed by atoms with Gasteiger partial charge in [0.05, 0.1) is 7.11 Å². The number of benzene rings is 1. The molecule has 19 heavy (non-hydrogen) atoms. The van der Waals surface area contributed by atoms with Crippen molar-refractivity contribution in [2.45, 2.75) is 37.0 Å². The van der Waals surface area contributed by atoms with Gasteiger partial charge in [0.2, 0.25) is 5.92 Å². The van der Waals surface area contributed by atoms with E-state index < -0.39 is 17.2 Å². The van der Waals surface area contributed by atoms with Crippen molar-refractivity contribution in [3.8, 4) is 5.75 Å². The highest BCUT2D eigenvalue weighted by Gasteiger charge is 2.43. The van der Waals surface area contributed by atoms with Crippen LogP contribution >= 0.6 is 0 Å². The summed E-state index contributed by atoms with van der Waals surface area (Å²) < 4.78 is 44.9. The molecule has 1 aromatic rings. The van der Waals surface area contributed by atoms with Crippen molar-refractivity contribution in [2.75, 3.05) is 13.7 Å². The fourth-order valence-corrected chi connectivity index (χ4v) is 2.69. The maximum atomic E-state index is 13.4. The SMILES string of the molecule is COc1cc(C2(CN)CCC(F)(F)CC2)ccc1F. The number of ether oxygens (including phenoxy) is 1. The molecule has 1 aromatic carbocycles. The van der Waals surface area contributed by atoms with Gasteiger partial charge in [-0.05, 0) is 30.5 Å². The molecule has 2 rings (SSSR count). The van der Waals surface area contributed by atoms with Gasteiger partial charge in [0.25, 0.3) is 0 Å². The van der Waals surface area contributed by atoms with Crippen LogP contribution < -0.4 is 10.5 Å². The second-order valence-corrected chi connectivity index (χ2v) is 5.19. The Hall–Kier alpha value is -1.23. The Labute approximate surface area is 110 Å². The lowest BCUT2D eigenvalue weighted by Crippen LogP contribution is -2.42. The van der Waals surface area contributed by atoms with E-state index in [1.807, 2.05) is 0 Å². The van der Waals surface area contributed by atoms with Gasteiger partial charge >= 0.3 is 0 Å². The van der Waals surface area contributed by atoms with Gasteiger partial charge in [-0.25, -0.2) is 13.2 Å². The topological polar surface area (TPSA) is 35.2 Å². The molecule has 1 aliphatic rings. The van der Waals surface area contributed by atoms with E-state index in [1.165, 1.54) is 13.2 Å². The first-order valence-corrected chi connectivity index (χ1v) is 6.34. The largest absolute Gasteiger partial charge is 0.494 e. The Morgan fingerprint density at radius 1 is 1.21 bits per heavy atom. The zero-order valence-electron chi connectivity index (χ0n) is 10.9. The number of methoxy groups -OCH3 is 1. The second-order valence-electron chi connectivity index (χ2n) is 5.19. The zero-order chi connectivity index (χ0) is 14.1. The van der Waals surface area contributed by atoms with Gasteiger partial charge in [0.1, 0.15) is 0 Å². The first-order chi connectivity index (χ1) is 8.92. The lowest BCUT2D eigenvalue weighted by molar-refractivity contribution is -0.0509. The number of alkyl halides is 2. The molecule has 0 heterocycles. The Kier molecular flexibility index (Phi) is 3.76. The molecule has 0 spiro atoms. The highest BCUT2D eigenvalue weighted by atomic mass is 19.3. The fraction of sp³-hybridized carbons (Fsp3) is 0.571. The summed E-state index contributed by atoms with van der Waals surface area (Å²) in [6, 6.07) is 4.50. The summed E-state index contributed by atoms with van der Waals surface area (Å²) in [5.74, 6) is -2.94. The summed E-state index contributed by atoms with van der Waals surface area (Å²) in [6.07, 6.45) is 0.268. The molecule has 0 atom stereocenters. The predicted molar refractivity (Wildman–Crippen MR) is 67.1 cm³/mol. The quantitative estimate of drug-likeness (QED) is 0.917. The normalized spacial score (nSPS) is 21.1. The summed E-state index contributed by atoms with van der Waals surface area (Å²) in [5.41, 5.74) is 6.09.